The van der Waals surface area contributed by atoms with E-state index in [1.807, 2.05) is 42.5 Å². The van der Waals surface area contributed by atoms with Crippen LogP contribution in [0.4, 0.5) is 0 Å². The number of benzene rings is 1. The Hall–Kier alpha value is -2.09. The van der Waals surface area contributed by atoms with Gasteiger partial charge in [0, 0.05) is 11.6 Å². The molecule has 0 saturated heterocycles. The first-order valence-corrected chi connectivity index (χ1v) is 4.75. The molecule has 2 nitrogen and oxygen atoms in total. The van der Waals surface area contributed by atoms with E-state index < -0.39 is 0 Å². The van der Waals surface area contributed by atoms with E-state index in [0.29, 0.717) is 0 Å². The van der Waals surface area contributed by atoms with Gasteiger partial charge in [-0.2, -0.15) is 0 Å². The van der Waals surface area contributed by atoms with Gasteiger partial charge in [0.1, 0.15) is 11.3 Å². The molecule has 0 N–H and O–H groups in total. The fourth-order valence-electron chi connectivity index (χ4n) is 1.57. The Bertz CT molecular complexity index is 551. The van der Waals surface area contributed by atoms with Gasteiger partial charge in [-0.05, 0) is 12.1 Å². The largest absolute Gasteiger partial charge is 0.454 e. The molecule has 0 aliphatic heterocycles. The van der Waals surface area contributed by atoms with Crippen LogP contribution in [-0.4, -0.2) is 4.98 Å². The second-order valence-electron chi connectivity index (χ2n) is 3.30. The molecule has 1 radical (unpaired) electrons. The summed E-state index contributed by atoms with van der Waals surface area (Å²) in [5, 5.41) is 0. The lowest BCUT2D eigenvalue weighted by Gasteiger charge is -1.93. The van der Waals surface area contributed by atoms with Gasteiger partial charge in [-0.15, -0.1) is 0 Å². The van der Waals surface area contributed by atoms with Gasteiger partial charge in [0.05, 0.1) is 6.20 Å². The average molecular weight is 194 g/mol. The van der Waals surface area contributed by atoms with Gasteiger partial charge in [0.15, 0.2) is 5.58 Å². The SMILES string of the molecule is [c]1ccc2oc(-c3ccccc3)cc2n1. The normalized spacial score (nSPS) is 10.7. The molecule has 0 saturated carbocycles. The number of hydrogen-bond donors (Lipinski definition) is 0. The maximum Gasteiger partial charge on any atom is 0.153 e. The Morgan fingerprint density at radius 1 is 1.07 bits per heavy atom. The summed E-state index contributed by atoms with van der Waals surface area (Å²) in [4.78, 5) is 4.11. The number of pyridine rings is 1. The van der Waals surface area contributed by atoms with E-state index in [9.17, 15) is 0 Å². The summed E-state index contributed by atoms with van der Waals surface area (Å²) in [6.07, 6.45) is 2.79. The van der Waals surface area contributed by atoms with Crippen LogP contribution in [0.2, 0.25) is 0 Å². The van der Waals surface area contributed by atoms with Crippen molar-refractivity contribution in [1.82, 2.24) is 4.98 Å². The van der Waals surface area contributed by atoms with Crippen molar-refractivity contribution in [2.24, 2.45) is 0 Å². The van der Waals surface area contributed by atoms with Gasteiger partial charge >= 0.3 is 0 Å². The molecule has 0 amide bonds. The van der Waals surface area contributed by atoms with E-state index in [1.54, 1.807) is 6.07 Å². The summed E-state index contributed by atoms with van der Waals surface area (Å²) >= 11 is 0. The molecular weight excluding hydrogens is 186 g/mol. The van der Waals surface area contributed by atoms with Crippen LogP contribution in [0.3, 0.4) is 0 Å². The van der Waals surface area contributed by atoms with Gasteiger partial charge in [0.25, 0.3) is 0 Å². The summed E-state index contributed by atoms with van der Waals surface area (Å²) < 4.78 is 5.67. The zero-order chi connectivity index (χ0) is 10.1. The minimum absolute atomic E-state index is 0.799. The third kappa shape index (κ3) is 1.40. The van der Waals surface area contributed by atoms with Crippen LogP contribution >= 0.6 is 0 Å². The monoisotopic (exact) mass is 194 g/mol. The fraction of sp³-hybridized carbons (Fsp3) is 0. The molecular formula is C13H8NO. The zero-order valence-electron chi connectivity index (χ0n) is 7.97. The van der Waals surface area contributed by atoms with Crippen molar-refractivity contribution in [3.63, 3.8) is 0 Å². The lowest BCUT2D eigenvalue weighted by atomic mass is 10.2. The highest BCUT2D eigenvalue weighted by Gasteiger charge is 2.05. The topological polar surface area (TPSA) is 26.0 Å². The number of hydrogen-bond acceptors (Lipinski definition) is 2. The van der Waals surface area contributed by atoms with Crippen LogP contribution in [0.5, 0.6) is 0 Å². The Morgan fingerprint density at radius 2 is 1.93 bits per heavy atom. The Balaban J connectivity index is 2.21. The first kappa shape index (κ1) is 8.24. The lowest BCUT2D eigenvalue weighted by molar-refractivity contribution is 0.631. The van der Waals surface area contributed by atoms with Gasteiger partial charge in [-0.3, -0.25) is 0 Å². The van der Waals surface area contributed by atoms with E-state index in [-0.39, 0.29) is 0 Å². The molecule has 0 unspecified atom stereocenters. The molecule has 3 aromatic rings. The number of furan rings is 1. The van der Waals surface area contributed by atoms with Crippen molar-refractivity contribution >= 4 is 11.1 Å². The molecule has 3 rings (SSSR count). The van der Waals surface area contributed by atoms with Crippen molar-refractivity contribution in [1.29, 1.82) is 0 Å². The molecule has 2 heterocycles. The highest BCUT2D eigenvalue weighted by atomic mass is 16.3. The van der Waals surface area contributed by atoms with Gasteiger partial charge in [-0.25, -0.2) is 4.98 Å². The third-order valence-corrected chi connectivity index (χ3v) is 2.29. The van der Waals surface area contributed by atoms with Crippen LogP contribution in [0.15, 0.2) is 52.9 Å². The zero-order valence-corrected chi connectivity index (χ0v) is 7.97. The molecule has 0 aliphatic rings. The van der Waals surface area contributed by atoms with Crippen molar-refractivity contribution in [2.75, 3.05) is 0 Å². The molecule has 2 heteroatoms. The number of nitrogens with zero attached hydrogens (tertiary/aromatic N) is 1. The summed E-state index contributed by atoms with van der Waals surface area (Å²) in [6.45, 7) is 0. The number of fused-ring (bicyclic) bond motifs is 1. The molecule has 2 aromatic heterocycles. The third-order valence-electron chi connectivity index (χ3n) is 2.29. The predicted molar refractivity (Wildman–Crippen MR) is 58.3 cm³/mol. The molecule has 71 valence electrons. The van der Waals surface area contributed by atoms with E-state index >= 15 is 0 Å². The van der Waals surface area contributed by atoms with Gasteiger partial charge < -0.3 is 4.42 Å². The molecule has 15 heavy (non-hydrogen) atoms. The van der Waals surface area contributed by atoms with Crippen molar-refractivity contribution < 1.29 is 4.42 Å². The highest BCUT2D eigenvalue weighted by Crippen LogP contribution is 2.25. The summed E-state index contributed by atoms with van der Waals surface area (Å²) in [7, 11) is 0. The van der Waals surface area contributed by atoms with Gasteiger partial charge in [0.2, 0.25) is 0 Å². The summed E-state index contributed by atoms with van der Waals surface area (Å²) in [5.41, 5.74) is 2.71. The predicted octanol–water partition coefficient (Wildman–Crippen LogP) is 3.29. The van der Waals surface area contributed by atoms with Crippen molar-refractivity contribution in [2.45, 2.75) is 0 Å². The molecule has 0 fully saturated rings. The molecule has 0 atom stereocenters. The number of aromatic nitrogens is 1. The van der Waals surface area contributed by atoms with Crippen molar-refractivity contribution in [3.8, 4) is 11.3 Å². The molecule has 0 bridgehead atoms. The molecule has 0 aliphatic carbocycles. The van der Waals surface area contributed by atoms with Crippen LogP contribution in [-0.2, 0) is 0 Å². The maximum absolute atomic E-state index is 5.67. The summed E-state index contributed by atoms with van der Waals surface area (Å²) in [6, 6.07) is 15.5. The standard InChI is InChI=1S/C13H8NO/c1-2-5-10(6-3-1)13-9-11-12(15-13)7-4-8-14-11/h1-7,9H. The Kier molecular flexibility index (Phi) is 1.78. The van der Waals surface area contributed by atoms with Gasteiger partial charge in [-0.1, -0.05) is 30.3 Å². The minimum atomic E-state index is 0.799. The second-order valence-corrected chi connectivity index (χ2v) is 3.30. The van der Waals surface area contributed by atoms with E-state index in [2.05, 4.69) is 11.2 Å². The highest BCUT2D eigenvalue weighted by molar-refractivity contribution is 5.78. The molecule has 0 spiro atoms. The van der Waals surface area contributed by atoms with E-state index in [1.165, 1.54) is 0 Å². The van der Waals surface area contributed by atoms with Crippen LogP contribution in [0, 0.1) is 6.20 Å². The average Bonchev–Trinajstić information content (AvgIpc) is 2.74. The number of rotatable bonds is 1. The van der Waals surface area contributed by atoms with Crippen molar-refractivity contribution in [3.05, 3.63) is 54.7 Å². The minimum Gasteiger partial charge on any atom is -0.454 e. The second kappa shape index (κ2) is 3.24. The van der Waals surface area contributed by atoms with E-state index in [0.717, 1.165) is 22.4 Å². The first-order chi connectivity index (χ1) is 7.43. The smallest absolute Gasteiger partial charge is 0.153 e. The van der Waals surface area contributed by atoms with Crippen LogP contribution in [0.25, 0.3) is 22.4 Å². The quantitative estimate of drug-likeness (QED) is 0.594. The lowest BCUT2D eigenvalue weighted by Crippen LogP contribution is -1.69. The van der Waals surface area contributed by atoms with Crippen LogP contribution < -0.4 is 0 Å². The molecule has 1 aromatic carbocycles. The Morgan fingerprint density at radius 3 is 2.73 bits per heavy atom. The van der Waals surface area contributed by atoms with Crippen LogP contribution in [0.1, 0.15) is 0 Å². The Labute approximate surface area is 87.2 Å². The van der Waals surface area contributed by atoms with E-state index in [4.69, 9.17) is 4.42 Å². The maximum atomic E-state index is 5.67. The fourth-order valence-corrected chi connectivity index (χ4v) is 1.57. The summed E-state index contributed by atoms with van der Waals surface area (Å²) in [5.74, 6) is 0.845. The first-order valence-electron chi connectivity index (χ1n) is 4.75.